The number of anilines is 2. The molecule has 11 heteroatoms. The number of aldehydes is 1. The van der Waals surface area contributed by atoms with Gasteiger partial charge in [-0.3, -0.25) is 9.88 Å². The van der Waals surface area contributed by atoms with Crippen LogP contribution in [0.5, 0.6) is 5.88 Å². The Kier molecular flexibility index (Phi) is 6.96. The first kappa shape index (κ1) is 24.9. The number of carbonyl (C=O) groups is 1. The number of aromatic nitrogens is 3. The van der Waals surface area contributed by atoms with E-state index in [1.54, 1.807) is 12.1 Å². The Hall–Kier alpha value is -3.73. The van der Waals surface area contributed by atoms with Gasteiger partial charge in [-0.2, -0.15) is 13.2 Å². The molecule has 5 rings (SSSR count). The van der Waals surface area contributed by atoms with Crippen molar-refractivity contribution in [3.05, 3.63) is 71.5 Å². The molecule has 1 saturated carbocycles. The Bertz CT molecular complexity index is 1190. The van der Waals surface area contributed by atoms with Crippen molar-refractivity contribution in [2.75, 3.05) is 42.9 Å². The fraction of sp³-hybridized carbons (Fsp3) is 0.385. The zero-order valence-corrected chi connectivity index (χ0v) is 20.1. The maximum atomic E-state index is 12.6. The van der Waals surface area contributed by atoms with E-state index in [-0.39, 0.29) is 18.0 Å². The lowest BCUT2D eigenvalue weighted by Crippen LogP contribution is -2.46. The minimum absolute atomic E-state index is 0.0367. The number of hydrogen-bond acceptors (Lipinski definition) is 8. The third-order valence-electron chi connectivity index (χ3n) is 6.75. The van der Waals surface area contributed by atoms with Crippen molar-refractivity contribution in [1.82, 2.24) is 20.1 Å². The standard InChI is InChI=1S/C26H27F3N6O2/c27-26(28,29)22-6-1-19(17-30-22)18-37-24-8-7-23(32-33-24)31-25(9-10-25)20-2-4-21(5-3-20)35-13-11-34(12-14-35)15-16-36/h1-8,16-17H,9-15,18H2,(H,31,32). The fourth-order valence-corrected chi connectivity index (χ4v) is 4.44. The monoisotopic (exact) mass is 512 g/mol. The summed E-state index contributed by atoms with van der Waals surface area (Å²) >= 11 is 0. The number of carbonyl (C=O) groups excluding carboxylic acids is 1. The lowest BCUT2D eigenvalue weighted by atomic mass is 10.0. The number of rotatable bonds is 9. The van der Waals surface area contributed by atoms with Gasteiger partial charge in [0.05, 0.1) is 12.1 Å². The van der Waals surface area contributed by atoms with Gasteiger partial charge in [-0.15, -0.1) is 10.2 Å². The first-order chi connectivity index (χ1) is 17.8. The lowest BCUT2D eigenvalue weighted by Gasteiger charge is -2.35. The van der Waals surface area contributed by atoms with Crippen molar-refractivity contribution in [2.24, 2.45) is 0 Å². The first-order valence-corrected chi connectivity index (χ1v) is 12.1. The Morgan fingerprint density at radius 2 is 1.73 bits per heavy atom. The van der Waals surface area contributed by atoms with Crippen LogP contribution in [-0.4, -0.2) is 59.1 Å². The van der Waals surface area contributed by atoms with Gasteiger partial charge >= 0.3 is 6.18 Å². The zero-order valence-electron chi connectivity index (χ0n) is 20.1. The quantitative estimate of drug-likeness (QED) is 0.433. The van der Waals surface area contributed by atoms with E-state index in [9.17, 15) is 18.0 Å². The molecular formula is C26H27F3N6O2. The molecule has 8 nitrogen and oxygen atoms in total. The molecule has 194 valence electrons. The Labute approximate surface area is 212 Å². The van der Waals surface area contributed by atoms with E-state index in [1.165, 1.54) is 17.3 Å². The number of nitrogens with one attached hydrogen (secondary N) is 1. The summed E-state index contributed by atoms with van der Waals surface area (Å²) in [6.07, 6.45) is -0.404. The van der Waals surface area contributed by atoms with Crippen molar-refractivity contribution < 1.29 is 22.7 Å². The van der Waals surface area contributed by atoms with Gasteiger partial charge in [0.25, 0.3) is 0 Å². The molecule has 0 spiro atoms. The predicted octanol–water partition coefficient (Wildman–Crippen LogP) is 3.89. The van der Waals surface area contributed by atoms with Gasteiger partial charge in [0.1, 0.15) is 24.4 Å². The molecule has 0 atom stereocenters. The van der Waals surface area contributed by atoms with E-state index in [0.717, 1.165) is 57.6 Å². The van der Waals surface area contributed by atoms with Crippen LogP contribution in [0, 0.1) is 0 Å². The summed E-state index contributed by atoms with van der Waals surface area (Å²) in [4.78, 5) is 18.6. The van der Waals surface area contributed by atoms with Gasteiger partial charge in [-0.25, -0.2) is 0 Å². The van der Waals surface area contributed by atoms with E-state index in [0.29, 0.717) is 17.9 Å². The average molecular weight is 513 g/mol. The third-order valence-corrected chi connectivity index (χ3v) is 6.75. The largest absolute Gasteiger partial charge is 0.472 e. The van der Waals surface area contributed by atoms with Crippen LogP contribution in [0.15, 0.2) is 54.7 Å². The highest BCUT2D eigenvalue weighted by molar-refractivity contribution is 5.54. The van der Waals surface area contributed by atoms with Crippen molar-refractivity contribution >= 4 is 17.8 Å². The fourth-order valence-electron chi connectivity index (χ4n) is 4.44. The van der Waals surface area contributed by atoms with Gasteiger partial charge in [0, 0.05) is 49.7 Å². The van der Waals surface area contributed by atoms with Gasteiger partial charge in [0.15, 0.2) is 0 Å². The maximum Gasteiger partial charge on any atom is 0.433 e. The van der Waals surface area contributed by atoms with Crippen LogP contribution in [0.3, 0.4) is 0 Å². The molecule has 1 aromatic carbocycles. The van der Waals surface area contributed by atoms with Crippen LogP contribution in [0.4, 0.5) is 24.7 Å². The van der Waals surface area contributed by atoms with Crippen molar-refractivity contribution in [1.29, 1.82) is 0 Å². The lowest BCUT2D eigenvalue weighted by molar-refractivity contribution is -0.141. The van der Waals surface area contributed by atoms with E-state index < -0.39 is 11.9 Å². The highest BCUT2D eigenvalue weighted by Crippen LogP contribution is 2.48. The molecule has 3 aromatic rings. The number of benzene rings is 1. The number of hydrogen-bond donors (Lipinski definition) is 1. The summed E-state index contributed by atoms with van der Waals surface area (Å²) in [6.45, 7) is 4.09. The Balaban J connectivity index is 1.14. The smallest absolute Gasteiger partial charge is 0.433 e. The van der Waals surface area contributed by atoms with E-state index >= 15 is 0 Å². The molecule has 2 aliphatic rings. The number of piperazine rings is 1. The predicted molar refractivity (Wildman–Crippen MR) is 131 cm³/mol. The van der Waals surface area contributed by atoms with Crippen LogP contribution in [0.1, 0.15) is 29.7 Å². The SMILES string of the molecule is O=CCN1CCN(c2ccc(C3(Nc4ccc(OCc5ccc(C(F)(F)F)nc5)nn4)CC3)cc2)CC1. The van der Waals surface area contributed by atoms with Crippen LogP contribution >= 0.6 is 0 Å². The van der Waals surface area contributed by atoms with Gasteiger partial charge in [-0.1, -0.05) is 18.2 Å². The summed E-state index contributed by atoms with van der Waals surface area (Å²) in [5, 5.41) is 11.8. The summed E-state index contributed by atoms with van der Waals surface area (Å²) in [6, 6.07) is 14.3. The molecule has 3 heterocycles. The van der Waals surface area contributed by atoms with Crippen LogP contribution in [0.2, 0.25) is 0 Å². The first-order valence-electron chi connectivity index (χ1n) is 12.1. The molecule has 0 bridgehead atoms. The van der Waals surface area contributed by atoms with Gasteiger partial charge in [0.2, 0.25) is 5.88 Å². The molecule has 1 aliphatic heterocycles. The number of pyridine rings is 1. The number of alkyl halides is 3. The molecule has 1 aliphatic carbocycles. The second kappa shape index (κ2) is 10.3. The third kappa shape index (κ3) is 5.99. The molecule has 2 aromatic heterocycles. The van der Waals surface area contributed by atoms with Crippen molar-refractivity contribution in [3.8, 4) is 5.88 Å². The molecule has 2 fully saturated rings. The highest BCUT2D eigenvalue weighted by Gasteiger charge is 2.44. The van der Waals surface area contributed by atoms with Crippen LogP contribution in [-0.2, 0) is 23.1 Å². The molecule has 37 heavy (non-hydrogen) atoms. The molecule has 1 saturated heterocycles. The second-order valence-electron chi connectivity index (χ2n) is 9.30. The summed E-state index contributed by atoms with van der Waals surface area (Å²) < 4.78 is 43.5. The highest BCUT2D eigenvalue weighted by atomic mass is 19.4. The van der Waals surface area contributed by atoms with Crippen LogP contribution in [0.25, 0.3) is 0 Å². The topological polar surface area (TPSA) is 83.5 Å². The van der Waals surface area contributed by atoms with Gasteiger partial charge in [-0.05, 0) is 42.7 Å². The molecule has 0 unspecified atom stereocenters. The summed E-state index contributed by atoms with van der Waals surface area (Å²) in [5.41, 5.74) is 1.75. The Morgan fingerprint density at radius 3 is 2.30 bits per heavy atom. The number of ether oxygens (including phenoxy) is 1. The molecule has 1 N–H and O–H groups in total. The molecular weight excluding hydrogens is 485 g/mol. The number of halogens is 3. The summed E-state index contributed by atoms with van der Waals surface area (Å²) in [7, 11) is 0. The van der Waals surface area contributed by atoms with Crippen molar-refractivity contribution in [2.45, 2.75) is 31.2 Å². The van der Waals surface area contributed by atoms with E-state index in [4.69, 9.17) is 4.74 Å². The minimum Gasteiger partial charge on any atom is -0.472 e. The normalized spacial score (nSPS) is 17.3. The van der Waals surface area contributed by atoms with E-state index in [1.807, 2.05) is 0 Å². The van der Waals surface area contributed by atoms with Crippen molar-refractivity contribution in [3.63, 3.8) is 0 Å². The van der Waals surface area contributed by atoms with Gasteiger partial charge < -0.3 is 19.7 Å². The second-order valence-corrected chi connectivity index (χ2v) is 9.30. The van der Waals surface area contributed by atoms with E-state index in [2.05, 4.69) is 54.6 Å². The molecule has 0 amide bonds. The van der Waals surface area contributed by atoms with Crippen LogP contribution < -0.4 is 15.0 Å². The summed E-state index contributed by atoms with van der Waals surface area (Å²) in [5.74, 6) is 0.893. The maximum absolute atomic E-state index is 12.6. The molecule has 0 radical (unpaired) electrons. The minimum atomic E-state index is -4.47. The Morgan fingerprint density at radius 1 is 0.973 bits per heavy atom. The average Bonchev–Trinajstić information content (AvgIpc) is 3.69. The number of nitrogens with zero attached hydrogens (tertiary/aromatic N) is 5. The zero-order chi connectivity index (χ0) is 25.9.